The molecule has 0 saturated heterocycles. The second-order valence-corrected chi connectivity index (χ2v) is 4.57. The Bertz CT molecular complexity index is 637. The number of benzene rings is 1. The number of rotatable bonds is 4. The van der Waals surface area contributed by atoms with E-state index in [1.54, 1.807) is 61.4 Å². The van der Waals surface area contributed by atoms with Crippen molar-refractivity contribution in [3.8, 4) is 0 Å². The number of methoxy groups -OCH3 is 1. The number of likely N-dealkylation sites (N-methyl/N-ethyl adjacent to an activating group) is 1. The normalized spacial score (nSPS) is 11.8. The maximum Gasteiger partial charge on any atom is 0.339 e. The van der Waals surface area contributed by atoms with E-state index in [2.05, 4.69) is 5.10 Å². The fourth-order valence-electron chi connectivity index (χ4n) is 2.07. The molecule has 1 amide bonds. The summed E-state index contributed by atoms with van der Waals surface area (Å²) in [6, 6.07) is 8.13. The van der Waals surface area contributed by atoms with E-state index in [0.717, 1.165) is 0 Å². The quantitative estimate of drug-likeness (QED) is 0.806. The number of hydrogen-bond acceptors (Lipinski definition) is 4. The molecule has 1 heterocycles. The number of hydrogen-bond donors (Lipinski definition) is 0. The monoisotopic (exact) mass is 287 g/mol. The molecule has 0 N–H and O–H groups in total. The van der Waals surface area contributed by atoms with Gasteiger partial charge >= 0.3 is 5.97 Å². The lowest BCUT2D eigenvalue weighted by Gasteiger charge is -2.23. The van der Waals surface area contributed by atoms with Gasteiger partial charge in [0.05, 0.1) is 18.4 Å². The van der Waals surface area contributed by atoms with Crippen LogP contribution in [-0.2, 0) is 9.53 Å². The summed E-state index contributed by atoms with van der Waals surface area (Å²) in [5, 5.41) is 4.06. The molecule has 0 bridgehead atoms. The number of anilines is 1. The Kier molecular flexibility index (Phi) is 4.37. The number of esters is 1. The van der Waals surface area contributed by atoms with Crippen molar-refractivity contribution in [2.75, 3.05) is 19.1 Å². The summed E-state index contributed by atoms with van der Waals surface area (Å²) in [4.78, 5) is 25.7. The Morgan fingerprint density at radius 2 is 2.00 bits per heavy atom. The molecule has 0 saturated carbocycles. The number of carbonyl (C=O) groups excluding carboxylic acids is 2. The van der Waals surface area contributed by atoms with Crippen LogP contribution in [0.1, 0.15) is 23.3 Å². The van der Waals surface area contributed by atoms with Crippen LogP contribution < -0.4 is 4.90 Å². The average molecular weight is 287 g/mol. The van der Waals surface area contributed by atoms with Gasteiger partial charge in [-0.2, -0.15) is 5.10 Å². The van der Waals surface area contributed by atoms with E-state index < -0.39 is 12.0 Å². The van der Waals surface area contributed by atoms with Crippen molar-refractivity contribution >= 4 is 17.6 Å². The van der Waals surface area contributed by atoms with Gasteiger partial charge in [0.15, 0.2) is 0 Å². The lowest BCUT2D eigenvalue weighted by Crippen LogP contribution is -2.34. The van der Waals surface area contributed by atoms with Gasteiger partial charge in [0.2, 0.25) is 0 Å². The van der Waals surface area contributed by atoms with Crippen LogP contribution in [0.15, 0.2) is 42.7 Å². The van der Waals surface area contributed by atoms with Crippen LogP contribution in [-0.4, -0.2) is 35.8 Å². The maximum atomic E-state index is 12.5. The Morgan fingerprint density at radius 3 is 2.62 bits per heavy atom. The van der Waals surface area contributed by atoms with Gasteiger partial charge in [0.25, 0.3) is 5.91 Å². The highest BCUT2D eigenvalue weighted by atomic mass is 16.5. The SMILES string of the molecule is COC(=O)c1ccccc1N(C)C(=O)C(C)n1cccn1. The van der Waals surface area contributed by atoms with Crippen LogP contribution >= 0.6 is 0 Å². The molecule has 1 aromatic carbocycles. The zero-order valence-corrected chi connectivity index (χ0v) is 12.2. The molecule has 0 fully saturated rings. The standard InChI is InChI=1S/C15H17N3O3/c1-11(18-10-6-9-16-18)14(19)17(2)13-8-5-4-7-12(13)15(20)21-3/h4-11H,1-3H3. The van der Waals surface area contributed by atoms with Crippen LogP contribution in [0.3, 0.4) is 0 Å². The van der Waals surface area contributed by atoms with Gasteiger partial charge in [-0.25, -0.2) is 4.79 Å². The molecule has 6 heteroatoms. The van der Waals surface area contributed by atoms with Crippen molar-refractivity contribution in [1.29, 1.82) is 0 Å². The van der Waals surface area contributed by atoms with E-state index in [1.165, 1.54) is 12.0 Å². The molecule has 1 aromatic heterocycles. The van der Waals surface area contributed by atoms with E-state index in [9.17, 15) is 9.59 Å². The predicted molar refractivity (Wildman–Crippen MR) is 78.1 cm³/mol. The Balaban J connectivity index is 2.30. The van der Waals surface area contributed by atoms with Crippen molar-refractivity contribution in [2.45, 2.75) is 13.0 Å². The molecule has 0 aliphatic carbocycles. The number of ether oxygens (including phenoxy) is 1. The summed E-state index contributed by atoms with van der Waals surface area (Å²) in [6.07, 6.45) is 3.34. The summed E-state index contributed by atoms with van der Waals surface area (Å²) in [7, 11) is 2.94. The summed E-state index contributed by atoms with van der Waals surface area (Å²) in [5.74, 6) is -0.646. The molecule has 6 nitrogen and oxygen atoms in total. The zero-order chi connectivity index (χ0) is 15.4. The molecule has 0 radical (unpaired) electrons. The third-order valence-corrected chi connectivity index (χ3v) is 3.28. The van der Waals surface area contributed by atoms with Gasteiger partial charge < -0.3 is 9.64 Å². The summed E-state index contributed by atoms with van der Waals surface area (Å²) in [5.41, 5.74) is 0.858. The lowest BCUT2D eigenvalue weighted by molar-refractivity contribution is -0.121. The largest absolute Gasteiger partial charge is 0.465 e. The molecule has 2 rings (SSSR count). The molecular weight excluding hydrogens is 270 g/mol. The predicted octanol–water partition coefficient (Wildman–Crippen LogP) is 1.89. The van der Waals surface area contributed by atoms with E-state index >= 15 is 0 Å². The molecular formula is C15H17N3O3. The highest BCUT2D eigenvalue weighted by Gasteiger charge is 2.24. The molecule has 0 spiro atoms. The highest BCUT2D eigenvalue weighted by molar-refractivity contribution is 6.03. The van der Waals surface area contributed by atoms with Crippen molar-refractivity contribution in [3.05, 3.63) is 48.3 Å². The molecule has 110 valence electrons. The van der Waals surface area contributed by atoms with Crippen molar-refractivity contribution in [3.63, 3.8) is 0 Å². The van der Waals surface area contributed by atoms with Gasteiger partial charge in [0.1, 0.15) is 6.04 Å². The minimum atomic E-state index is -0.475. The van der Waals surface area contributed by atoms with Gasteiger partial charge in [-0.15, -0.1) is 0 Å². The van der Waals surface area contributed by atoms with Crippen LogP contribution in [0, 0.1) is 0 Å². The Morgan fingerprint density at radius 1 is 1.29 bits per heavy atom. The molecule has 0 aliphatic rings. The van der Waals surface area contributed by atoms with E-state index in [-0.39, 0.29) is 5.91 Å². The third-order valence-electron chi connectivity index (χ3n) is 3.28. The summed E-state index contributed by atoms with van der Waals surface area (Å²) < 4.78 is 6.31. The van der Waals surface area contributed by atoms with Crippen molar-refractivity contribution in [1.82, 2.24) is 9.78 Å². The molecule has 0 aliphatic heterocycles. The van der Waals surface area contributed by atoms with Crippen molar-refractivity contribution in [2.24, 2.45) is 0 Å². The van der Waals surface area contributed by atoms with Crippen LogP contribution in [0.2, 0.25) is 0 Å². The lowest BCUT2D eigenvalue weighted by atomic mass is 10.1. The van der Waals surface area contributed by atoms with Gasteiger partial charge in [-0.3, -0.25) is 9.48 Å². The first-order chi connectivity index (χ1) is 10.1. The fourth-order valence-corrected chi connectivity index (χ4v) is 2.07. The topological polar surface area (TPSA) is 64.4 Å². The van der Waals surface area contributed by atoms with E-state index in [1.807, 2.05) is 0 Å². The van der Waals surface area contributed by atoms with Gasteiger partial charge in [-0.1, -0.05) is 12.1 Å². The summed E-state index contributed by atoms with van der Waals surface area (Å²) in [6.45, 7) is 1.76. The average Bonchev–Trinajstić information content (AvgIpc) is 3.06. The second-order valence-electron chi connectivity index (χ2n) is 4.57. The Labute approximate surface area is 122 Å². The Hall–Kier alpha value is -2.63. The second kappa shape index (κ2) is 6.21. The number of nitrogens with zero attached hydrogens (tertiary/aromatic N) is 3. The van der Waals surface area contributed by atoms with Crippen LogP contribution in [0.25, 0.3) is 0 Å². The van der Waals surface area contributed by atoms with Gasteiger partial charge in [-0.05, 0) is 25.1 Å². The molecule has 21 heavy (non-hydrogen) atoms. The van der Waals surface area contributed by atoms with Gasteiger partial charge in [0, 0.05) is 19.4 Å². The minimum absolute atomic E-state index is 0.171. The molecule has 1 unspecified atom stereocenters. The number of para-hydroxylation sites is 1. The number of aromatic nitrogens is 2. The van der Waals surface area contributed by atoms with Crippen molar-refractivity contribution < 1.29 is 14.3 Å². The fraction of sp³-hybridized carbons (Fsp3) is 0.267. The summed E-state index contributed by atoms with van der Waals surface area (Å²) >= 11 is 0. The first-order valence-electron chi connectivity index (χ1n) is 6.50. The van der Waals surface area contributed by atoms with E-state index in [0.29, 0.717) is 11.3 Å². The third kappa shape index (κ3) is 2.94. The maximum absolute atomic E-state index is 12.5. The molecule has 2 aromatic rings. The number of amides is 1. The minimum Gasteiger partial charge on any atom is -0.465 e. The van der Waals surface area contributed by atoms with Crippen LogP contribution in [0.5, 0.6) is 0 Å². The zero-order valence-electron chi connectivity index (χ0n) is 12.2. The first-order valence-corrected chi connectivity index (χ1v) is 6.50. The molecule has 1 atom stereocenters. The first kappa shape index (κ1) is 14.8. The highest BCUT2D eigenvalue weighted by Crippen LogP contribution is 2.22. The smallest absolute Gasteiger partial charge is 0.339 e. The van der Waals surface area contributed by atoms with E-state index in [4.69, 9.17) is 4.74 Å². The number of carbonyl (C=O) groups is 2. The van der Waals surface area contributed by atoms with Crippen LogP contribution in [0.4, 0.5) is 5.69 Å².